The maximum Gasteiger partial charge on any atom is 0.221 e. The molecular weight excluding hydrogens is 358 g/mol. The zero-order valence-corrected chi connectivity index (χ0v) is 16.8. The van der Waals surface area contributed by atoms with Gasteiger partial charge in [0.25, 0.3) is 0 Å². The Morgan fingerprint density at radius 3 is 2.63 bits per heavy atom. The molecule has 0 bridgehead atoms. The molecule has 0 aliphatic carbocycles. The van der Waals surface area contributed by atoms with E-state index in [4.69, 9.17) is 0 Å². The molecule has 0 saturated heterocycles. The van der Waals surface area contributed by atoms with Crippen molar-refractivity contribution in [2.45, 2.75) is 6.42 Å². The van der Waals surface area contributed by atoms with Crippen LogP contribution in [0.1, 0.15) is 6.42 Å². The summed E-state index contributed by atoms with van der Waals surface area (Å²) in [5.41, 5.74) is 1.18. The summed E-state index contributed by atoms with van der Waals surface area (Å²) >= 11 is 1.66. The van der Waals surface area contributed by atoms with E-state index in [0.717, 1.165) is 22.6 Å². The van der Waals surface area contributed by atoms with Gasteiger partial charge in [-0.25, -0.2) is 9.97 Å². The molecule has 0 aliphatic rings. The van der Waals surface area contributed by atoms with E-state index in [9.17, 15) is 4.79 Å². The fourth-order valence-electron chi connectivity index (χ4n) is 2.77. The van der Waals surface area contributed by atoms with Crippen LogP contribution >= 0.6 is 11.3 Å². The van der Waals surface area contributed by atoms with Crippen LogP contribution in [-0.4, -0.2) is 61.6 Å². The molecule has 0 spiro atoms. The quantitative estimate of drug-likeness (QED) is 0.648. The Hall–Kier alpha value is -2.51. The van der Waals surface area contributed by atoms with Gasteiger partial charge in [-0.05, 0) is 25.7 Å². The first-order chi connectivity index (χ1) is 13.0. The molecule has 1 aromatic carbocycles. The number of anilines is 1. The Labute approximate surface area is 163 Å². The summed E-state index contributed by atoms with van der Waals surface area (Å²) in [7, 11) is 5.95. The van der Waals surface area contributed by atoms with Crippen LogP contribution < -0.4 is 10.2 Å². The van der Waals surface area contributed by atoms with Crippen molar-refractivity contribution in [3.63, 3.8) is 0 Å². The highest BCUT2D eigenvalue weighted by molar-refractivity contribution is 7.21. The number of amides is 1. The van der Waals surface area contributed by atoms with E-state index < -0.39 is 0 Å². The van der Waals surface area contributed by atoms with Crippen molar-refractivity contribution in [2.24, 2.45) is 0 Å². The highest BCUT2D eigenvalue weighted by Crippen LogP contribution is 2.35. The third-order valence-corrected chi connectivity index (χ3v) is 5.38. The zero-order valence-electron chi connectivity index (χ0n) is 16.0. The van der Waals surface area contributed by atoms with Gasteiger partial charge in [-0.15, -0.1) is 11.3 Å². The number of rotatable bonds is 8. The summed E-state index contributed by atoms with van der Waals surface area (Å²) in [6.45, 7) is 2.11. The highest BCUT2D eigenvalue weighted by atomic mass is 32.1. The van der Waals surface area contributed by atoms with Crippen LogP contribution in [0.25, 0.3) is 20.7 Å². The highest BCUT2D eigenvalue weighted by Gasteiger charge is 2.14. The van der Waals surface area contributed by atoms with Gasteiger partial charge in [0.1, 0.15) is 17.0 Å². The Balaban J connectivity index is 1.69. The lowest BCUT2D eigenvalue weighted by Crippen LogP contribution is -2.33. The van der Waals surface area contributed by atoms with E-state index in [2.05, 4.69) is 33.5 Å². The second kappa shape index (κ2) is 8.92. The molecule has 0 unspecified atom stereocenters. The SMILES string of the molecule is CN(C)CCNC(=O)CCN(C)c1ncnc2sc(-c3ccccc3)cc12. The molecule has 142 valence electrons. The number of carbonyl (C=O) groups is 1. The number of carbonyl (C=O) groups excluding carboxylic acids is 1. The number of fused-ring (bicyclic) bond motifs is 1. The van der Waals surface area contributed by atoms with Gasteiger partial charge in [0.05, 0.1) is 5.39 Å². The number of nitrogens with one attached hydrogen (secondary N) is 1. The first-order valence-electron chi connectivity index (χ1n) is 8.97. The van der Waals surface area contributed by atoms with Crippen LogP contribution in [0.2, 0.25) is 0 Å². The molecule has 7 heteroatoms. The molecular formula is C20H25N5OS. The van der Waals surface area contributed by atoms with E-state index in [-0.39, 0.29) is 5.91 Å². The largest absolute Gasteiger partial charge is 0.359 e. The molecule has 0 aliphatic heterocycles. The minimum atomic E-state index is 0.0595. The van der Waals surface area contributed by atoms with Gasteiger partial charge in [-0.2, -0.15) is 0 Å². The van der Waals surface area contributed by atoms with E-state index in [1.54, 1.807) is 17.7 Å². The maximum atomic E-state index is 12.0. The minimum absolute atomic E-state index is 0.0595. The lowest BCUT2D eigenvalue weighted by atomic mass is 10.2. The van der Waals surface area contributed by atoms with Crippen molar-refractivity contribution in [1.29, 1.82) is 0 Å². The molecule has 0 atom stereocenters. The average Bonchev–Trinajstić information content (AvgIpc) is 3.11. The molecule has 3 aromatic rings. The Kier molecular flexibility index (Phi) is 6.36. The van der Waals surface area contributed by atoms with Gasteiger partial charge in [0, 0.05) is 38.0 Å². The molecule has 3 rings (SSSR count). The molecule has 0 fully saturated rings. The Bertz CT molecular complexity index is 894. The van der Waals surface area contributed by atoms with Crippen molar-refractivity contribution in [3.05, 3.63) is 42.7 Å². The summed E-state index contributed by atoms with van der Waals surface area (Å²) in [6.07, 6.45) is 2.03. The smallest absolute Gasteiger partial charge is 0.221 e. The van der Waals surface area contributed by atoms with Gasteiger partial charge in [0.15, 0.2) is 0 Å². The zero-order chi connectivity index (χ0) is 19.2. The summed E-state index contributed by atoms with van der Waals surface area (Å²) in [4.78, 5) is 27.1. The molecule has 2 heterocycles. The normalized spacial score (nSPS) is 11.1. The Morgan fingerprint density at radius 2 is 1.89 bits per heavy atom. The number of likely N-dealkylation sites (N-methyl/N-ethyl adjacent to an activating group) is 1. The molecule has 1 N–H and O–H groups in total. The number of benzene rings is 1. The predicted octanol–water partition coefficient (Wildman–Crippen LogP) is 2.86. The maximum absolute atomic E-state index is 12.0. The number of hydrogen-bond acceptors (Lipinski definition) is 6. The summed E-state index contributed by atoms with van der Waals surface area (Å²) < 4.78 is 0. The van der Waals surface area contributed by atoms with Crippen LogP contribution in [0.15, 0.2) is 42.7 Å². The second-order valence-corrected chi connectivity index (χ2v) is 7.75. The van der Waals surface area contributed by atoms with Crippen molar-refractivity contribution in [1.82, 2.24) is 20.2 Å². The standard InChI is InChI=1S/C20H25N5OS/c1-24(2)12-10-21-18(26)9-11-25(3)19-16-13-17(15-7-5-4-6-8-15)27-20(16)23-14-22-19/h4-8,13-14H,9-12H2,1-3H3,(H,21,26). The van der Waals surface area contributed by atoms with Crippen LogP contribution in [-0.2, 0) is 4.79 Å². The van der Waals surface area contributed by atoms with Crippen molar-refractivity contribution in [2.75, 3.05) is 45.7 Å². The van der Waals surface area contributed by atoms with E-state index in [0.29, 0.717) is 19.5 Å². The van der Waals surface area contributed by atoms with Crippen LogP contribution in [0, 0.1) is 0 Å². The molecule has 27 heavy (non-hydrogen) atoms. The monoisotopic (exact) mass is 383 g/mol. The number of thiophene rings is 1. The van der Waals surface area contributed by atoms with E-state index >= 15 is 0 Å². The van der Waals surface area contributed by atoms with Gasteiger partial charge in [-0.3, -0.25) is 4.79 Å². The Morgan fingerprint density at radius 1 is 1.11 bits per heavy atom. The second-order valence-electron chi connectivity index (χ2n) is 6.72. The van der Waals surface area contributed by atoms with E-state index in [1.807, 2.05) is 49.1 Å². The average molecular weight is 384 g/mol. The molecule has 0 saturated carbocycles. The fourth-order valence-corrected chi connectivity index (χ4v) is 3.77. The van der Waals surface area contributed by atoms with Crippen LogP contribution in [0.4, 0.5) is 5.82 Å². The van der Waals surface area contributed by atoms with Crippen molar-refractivity contribution < 1.29 is 4.79 Å². The first kappa shape index (κ1) is 19.3. The number of hydrogen-bond donors (Lipinski definition) is 1. The van der Waals surface area contributed by atoms with Gasteiger partial charge < -0.3 is 15.1 Å². The lowest BCUT2D eigenvalue weighted by molar-refractivity contribution is -0.120. The lowest BCUT2D eigenvalue weighted by Gasteiger charge is -2.18. The van der Waals surface area contributed by atoms with Gasteiger partial charge >= 0.3 is 0 Å². The molecule has 0 radical (unpaired) electrons. The van der Waals surface area contributed by atoms with Crippen LogP contribution in [0.5, 0.6) is 0 Å². The molecule has 2 aromatic heterocycles. The van der Waals surface area contributed by atoms with Crippen molar-refractivity contribution in [3.8, 4) is 10.4 Å². The van der Waals surface area contributed by atoms with Crippen LogP contribution in [0.3, 0.4) is 0 Å². The predicted molar refractivity (Wildman–Crippen MR) is 112 cm³/mol. The summed E-state index contributed by atoms with van der Waals surface area (Å²) in [5, 5.41) is 3.97. The third-order valence-electron chi connectivity index (χ3n) is 4.28. The first-order valence-corrected chi connectivity index (χ1v) is 9.79. The number of nitrogens with zero attached hydrogens (tertiary/aromatic N) is 4. The summed E-state index contributed by atoms with van der Waals surface area (Å²) in [5.74, 6) is 0.920. The molecule has 1 amide bonds. The number of aromatic nitrogens is 2. The van der Waals surface area contributed by atoms with Gasteiger partial charge in [-0.1, -0.05) is 30.3 Å². The molecule has 6 nitrogen and oxygen atoms in total. The van der Waals surface area contributed by atoms with Gasteiger partial charge in [0.2, 0.25) is 5.91 Å². The fraction of sp³-hybridized carbons (Fsp3) is 0.350. The summed E-state index contributed by atoms with van der Waals surface area (Å²) in [6, 6.07) is 12.4. The third kappa shape index (κ3) is 5.02. The topological polar surface area (TPSA) is 61.4 Å². The van der Waals surface area contributed by atoms with E-state index in [1.165, 1.54) is 10.4 Å². The van der Waals surface area contributed by atoms with Crippen molar-refractivity contribution >= 4 is 33.3 Å². The minimum Gasteiger partial charge on any atom is -0.359 e.